The summed E-state index contributed by atoms with van der Waals surface area (Å²) in [7, 11) is -2.55. The molecular weight excluding hydrogens is 430 g/mol. The minimum Gasteiger partial charge on any atom is -0.326 e. The number of aromatic nitrogens is 2. The molecule has 32 heavy (non-hydrogen) atoms. The first-order valence-corrected chi connectivity index (χ1v) is 11.1. The van der Waals surface area contributed by atoms with Crippen LogP contribution in [0.3, 0.4) is 0 Å². The maximum Gasteiger partial charge on any atom is 0.243 e. The molecule has 2 N–H and O–H groups in total. The third kappa shape index (κ3) is 5.74. The lowest BCUT2D eigenvalue weighted by molar-refractivity contribution is -0.116. The molecule has 0 bridgehead atoms. The van der Waals surface area contributed by atoms with Gasteiger partial charge in [-0.25, -0.2) is 18.4 Å². The van der Waals surface area contributed by atoms with Crippen LogP contribution in [0, 0.1) is 6.92 Å². The molecule has 1 heterocycles. The van der Waals surface area contributed by atoms with Crippen LogP contribution in [0.5, 0.6) is 0 Å². The topological polar surface area (TPSA) is 121 Å². The maximum atomic E-state index is 12.8. The van der Waals surface area contributed by atoms with Gasteiger partial charge in [0.1, 0.15) is 5.82 Å². The van der Waals surface area contributed by atoms with E-state index in [1.54, 1.807) is 37.4 Å². The van der Waals surface area contributed by atoms with Gasteiger partial charge >= 0.3 is 0 Å². The fraction of sp³-hybridized carbons (Fsp3) is 0.182. The zero-order valence-corrected chi connectivity index (χ0v) is 18.7. The number of amides is 2. The molecule has 0 saturated heterocycles. The molecule has 10 heteroatoms. The average molecular weight is 454 g/mol. The van der Waals surface area contributed by atoms with Crippen molar-refractivity contribution in [3.63, 3.8) is 0 Å². The summed E-state index contributed by atoms with van der Waals surface area (Å²) >= 11 is 0. The highest BCUT2D eigenvalue weighted by Gasteiger charge is 2.23. The van der Waals surface area contributed by atoms with E-state index in [0.717, 1.165) is 15.6 Å². The van der Waals surface area contributed by atoms with Crippen LogP contribution in [-0.4, -0.2) is 48.1 Å². The van der Waals surface area contributed by atoms with Gasteiger partial charge in [0.05, 0.1) is 17.1 Å². The molecule has 3 rings (SSSR count). The van der Waals surface area contributed by atoms with Crippen molar-refractivity contribution in [1.29, 1.82) is 0 Å². The zero-order valence-electron chi connectivity index (χ0n) is 17.9. The number of sulfonamides is 1. The number of aryl methyl sites for hydroxylation is 1. The first kappa shape index (κ1) is 23.0. The summed E-state index contributed by atoms with van der Waals surface area (Å²) in [5.41, 5.74) is 2.52. The highest BCUT2D eigenvalue weighted by molar-refractivity contribution is 7.89. The standard InChI is InChI=1S/C22H23N5O4S/c1-15-23-12-11-21(24-15)17-5-4-6-19(13-17)26-22(29)14-27(3)32(30,31)20-9-7-18(8-10-20)25-16(2)28/h4-13H,14H2,1-3H3,(H,25,28)(H,26,29). The zero-order chi connectivity index (χ0) is 23.3. The Kier molecular flexibility index (Phi) is 6.96. The summed E-state index contributed by atoms with van der Waals surface area (Å²) in [6.07, 6.45) is 1.66. The van der Waals surface area contributed by atoms with Gasteiger partial charge < -0.3 is 10.6 Å². The minimum absolute atomic E-state index is 0.0167. The molecule has 9 nitrogen and oxygen atoms in total. The third-order valence-electron chi connectivity index (χ3n) is 4.47. The normalized spacial score (nSPS) is 11.2. The lowest BCUT2D eigenvalue weighted by atomic mass is 10.1. The van der Waals surface area contributed by atoms with E-state index in [1.165, 1.54) is 38.2 Å². The van der Waals surface area contributed by atoms with E-state index in [1.807, 2.05) is 6.07 Å². The van der Waals surface area contributed by atoms with Crippen molar-refractivity contribution < 1.29 is 18.0 Å². The molecule has 2 aromatic carbocycles. The van der Waals surface area contributed by atoms with Crippen molar-refractivity contribution in [2.24, 2.45) is 0 Å². The van der Waals surface area contributed by atoms with Crippen LogP contribution in [-0.2, 0) is 19.6 Å². The molecule has 0 spiro atoms. The summed E-state index contributed by atoms with van der Waals surface area (Å²) < 4.78 is 26.5. The Bertz CT molecular complexity index is 1240. The lowest BCUT2D eigenvalue weighted by Gasteiger charge is -2.17. The molecule has 0 fully saturated rings. The molecule has 0 aliphatic carbocycles. The summed E-state index contributed by atoms with van der Waals surface area (Å²) in [4.78, 5) is 32.0. The number of hydrogen-bond donors (Lipinski definition) is 2. The largest absolute Gasteiger partial charge is 0.326 e. The minimum atomic E-state index is -3.88. The van der Waals surface area contributed by atoms with E-state index in [-0.39, 0.29) is 17.3 Å². The Morgan fingerprint density at radius 3 is 2.38 bits per heavy atom. The number of carbonyl (C=O) groups is 2. The van der Waals surface area contributed by atoms with E-state index in [0.29, 0.717) is 17.2 Å². The summed E-state index contributed by atoms with van der Waals surface area (Å²) in [5.74, 6) is -0.107. The van der Waals surface area contributed by atoms with Crippen LogP contribution >= 0.6 is 0 Å². The highest BCUT2D eigenvalue weighted by Crippen LogP contribution is 2.21. The van der Waals surface area contributed by atoms with Crippen molar-refractivity contribution in [2.45, 2.75) is 18.7 Å². The van der Waals surface area contributed by atoms with Crippen molar-refractivity contribution in [3.8, 4) is 11.3 Å². The number of anilines is 2. The maximum absolute atomic E-state index is 12.8. The van der Waals surface area contributed by atoms with Crippen LogP contribution in [0.2, 0.25) is 0 Å². The number of likely N-dealkylation sites (N-methyl/N-ethyl adjacent to an activating group) is 1. The molecule has 166 valence electrons. The first-order chi connectivity index (χ1) is 15.1. The van der Waals surface area contributed by atoms with E-state index < -0.39 is 15.9 Å². The number of nitrogens with one attached hydrogen (secondary N) is 2. The molecule has 0 radical (unpaired) electrons. The van der Waals surface area contributed by atoms with Gasteiger partial charge in [0.25, 0.3) is 0 Å². The average Bonchev–Trinajstić information content (AvgIpc) is 2.73. The molecule has 1 aromatic heterocycles. The molecule has 2 amide bonds. The van der Waals surface area contributed by atoms with E-state index in [4.69, 9.17) is 0 Å². The quantitative estimate of drug-likeness (QED) is 0.567. The SMILES string of the molecule is CC(=O)Nc1ccc(S(=O)(=O)N(C)CC(=O)Nc2cccc(-c3ccnc(C)n3)c2)cc1. The Labute approximate surface area is 186 Å². The van der Waals surface area contributed by atoms with E-state index in [2.05, 4.69) is 20.6 Å². The Balaban J connectivity index is 1.68. The van der Waals surface area contributed by atoms with Gasteiger partial charge in [-0.3, -0.25) is 9.59 Å². The number of rotatable bonds is 7. The second kappa shape index (κ2) is 9.67. The van der Waals surface area contributed by atoms with Crippen molar-refractivity contribution >= 4 is 33.2 Å². The van der Waals surface area contributed by atoms with Crippen molar-refractivity contribution in [1.82, 2.24) is 14.3 Å². The predicted molar refractivity (Wildman–Crippen MR) is 121 cm³/mol. The summed E-state index contributed by atoms with van der Waals surface area (Å²) in [6, 6.07) is 14.6. The van der Waals surface area contributed by atoms with Crippen LogP contribution in [0.4, 0.5) is 11.4 Å². The van der Waals surface area contributed by atoms with Gasteiger partial charge in [-0.15, -0.1) is 0 Å². The van der Waals surface area contributed by atoms with Crippen molar-refractivity contribution in [3.05, 3.63) is 66.6 Å². The molecule has 0 unspecified atom stereocenters. The van der Waals surface area contributed by atoms with Gasteiger partial charge in [0.2, 0.25) is 21.8 Å². The fourth-order valence-corrected chi connectivity index (χ4v) is 4.08. The Morgan fingerprint density at radius 1 is 1.00 bits per heavy atom. The van der Waals surface area contributed by atoms with E-state index >= 15 is 0 Å². The smallest absolute Gasteiger partial charge is 0.243 e. The monoisotopic (exact) mass is 453 g/mol. The molecule has 0 atom stereocenters. The van der Waals surface area contributed by atoms with Crippen LogP contribution < -0.4 is 10.6 Å². The molecule has 3 aromatic rings. The Hall–Kier alpha value is -3.63. The van der Waals surface area contributed by atoms with Crippen LogP contribution in [0.15, 0.2) is 65.7 Å². The Morgan fingerprint density at radius 2 is 1.72 bits per heavy atom. The van der Waals surface area contributed by atoms with Gasteiger partial charge in [0.15, 0.2) is 0 Å². The van der Waals surface area contributed by atoms with Gasteiger partial charge in [-0.1, -0.05) is 12.1 Å². The molecular formula is C22H23N5O4S. The first-order valence-electron chi connectivity index (χ1n) is 9.69. The number of hydrogen-bond acceptors (Lipinski definition) is 6. The van der Waals surface area contributed by atoms with Crippen LogP contribution in [0.1, 0.15) is 12.7 Å². The highest BCUT2D eigenvalue weighted by atomic mass is 32.2. The summed E-state index contributed by atoms with van der Waals surface area (Å²) in [6.45, 7) is 2.78. The van der Waals surface area contributed by atoms with Crippen molar-refractivity contribution in [2.75, 3.05) is 24.2 Å². The predicted octanol–water partition coefficient (Wildman–Crippen LogP) is 2.67. The molecule has 0 aliphatic heterocycles. The third-order valence-corrected chi connectivity index (χ3v) is 6.28. The number of benzene rings is 2. The molecule has 0 aliphatic rings. The van der Waals surface area contributed by atoms with Gasteiger partial charge in [0, 0.05) is 37.1 Å². The van der Waals surface area contributed by atoms with Gasteiger partial charge in [-0.2, -0.15) is 4.31 Å². The second-order valence-corrected chi connectivity index (χ2v) is 9.13. The fourth-order valence-electron chi connectivity index (χ4n) is 2.95. The number of nitrogens with zero attached hydrogens (tertiary/aromatic N) is 3. The number of carbonyl (C=O) groups excluding carboxylic acids is 2. The lowest BCUT2D eigenvalue weighted by Crippen LogP contribution is -2.35. The molecule has 0 saturated carbocycles. The van der Waals surface area contributed by atoms with E-state index in [9.17, 15) is 18.0 Å². The summed E-state index contributed by atoms with van der Waals surface area (Å²) in [5, 5.41) is 5.29. The van der Waals surface area contributed by atoms with Gasteiger partial charge in [-0.05, 0) is 49.4 Å². The second-order valence-electron chi connectivity index (χ2n) is 7.08. The van der Waals surface area contributed by atoms with Crippen LogP contribution in [0.25, 0.3) is 11.3 Å².